The highest BCUT2D eigenvalue weighted by molar-refractivity contribution is 6.31. The van der Waals surface area contributed by atoms with E-state index in [4.69, 9.17) is 21.4 Å². The van der Waals surface area contributed by atoms with Crippen molar-refractivity contribution in [2.45, 2.75) is 13.0 Å². The average molecular weight is 361 g/mol. The largest absolute Gasteiger partial charge is 0.478 e. The number of pyridine rings is 1. The summed E-state index contributed by atoms with van der Waals surface area (Å²) in [5.74, 6) is -1.31. The van der Waals surface area contributed by atoms with E-state index in [2.05, 4.69) is 4.98 Å². The second kappa shape index (κ2) is 7.21. The van der Waals surface area contributed by atoms with Crippen LogP contribution in [0, 0.1) is 6.92 Å². The monoisotopic (exact) mass is 360 g/mol. The molecule has 0 aliphatic carbocycles. The molecule has 1 unspecified atom stereocenters. The standard InChI is InChI=1S/C18H17ClN2O4/c1-11-12(18(23)24)6-7-15(20-11)17(22)21-8-9-25-16(10-21)13-4-2-3-5-14(13)19/h2-7,16H,8-10H2,1H3,(H,23,24). The fourth-order valence-electron chi connectivity index (χ4n) is 2.83. The predicted molar refractivity (Wildman–Crippen MR) is 92.0 cm³/mol. The summed E-state index contributed by atoms with van der Waals surface area (Å²) in [6, 6.07) is 10.2. The number of morpholine rings is 1. The van der Waals surface area contributed by atoms with E-state index in [1.54, 1.807) is 17.9 Å². The third kappa shape index (κ3) is 3.65. The summed E-state index contributed by atoms with van der Waals surface area (Å²) in [4.78, 5) is 29.6. The van der Waals surface area contributed by atoms with E-state index in [1.165, 1.54) is 12.1 Å². The molecule has 1 aromatic carbocycles. The molecule has 1 aliphatic rings. The van der Waals surface area contributed by atoms with Crippen LogP contribution in [0.3, 0.4) is 0 Å². The van der Waals surface area contributed by atoms with E-state index in [0.717, 1.165) is 5.56 Å². The molecule has 1 amide bonds. The van der Waals surface area contributed by atoms with Gasteiger partial charge in [-0.1, -0.05) is 29.8 Å². The fraction of sp³-hybridized carbons (Fsp3) is 0.278. The number of rotatable bonds is 3. The molecule has 2 aromatic rings. The molecule has 7 heteroatoms. The molecule has 1 fully saturated rings. The minimum absolute atomic E-state index is 0.0903. The molecule has 0 radical (unpaired) electrons. The Kier molecular flexibility index (Phi) is 5.01. The summed E-state index contributed by atoms with van der Waals surface area (Å²) in [6.07, 6.45) is -0.300. The van der Waals surface area contributed by atoms with E-state index >= 15 is 0 Å². The highest BCUT2D eigenvalue weighted by Crippen LogP contribution is 2.28. The van der Waals surface area contributed by atoms with Gasteiger partial charge >= 0.3 is 5.97 Å². The number of halogens is 1. The van der Waals surface area contributed by atoms with Crippen LogP contribution in [0.2, 0.25) is 5.02 Å². The number of benzene rings is 1. The molecule has 6 nitrogen and oxygen atoms in total. The smallest absolute Gasteiger partial charge is 0.337 e. The van der Waals surface area contributed by atoms with Gasteiger partial charge in [-0.25, -0.2) is 9.78 Å². The molecule has 1 aromatic heterocycles. The number of hydrogen-bond donors (Lipinski definition) is 1. The second-order valence-corrected chi connectivity index (χ2v) is 6.17. The van der Waals surface area contributed by atoms with Crippen molar-refractivity contribution in [3.05, 3.63) is 63.9 Å². The van der Waals surface area contributed by atoms with Crippen molar-refractivity contribution in [2.24, 2.45) is 0 Å². The Labute approximate surface area is 150 Å². The van der Waals surface area contributed by atoms with Crippen LogP contribution in [0.25, 0.3) is 0 Å². The Bertz CT molecular complexity index is 824. The van der Waals surface area contributed by atoms with Crippen molar-refractivity contribution in [2.75, 3.05) is 19.7 Å². The van der Waals surface area contributed by atoms with Gasteiger partial charge in [-0.15, -0.1) is 0 Å². The molecule has 1 saturated heterocycles. The number of aryl methyl sites for hydroxylation is 1. The number of hydrogen-bond acceptors (Lipinski definition) is 4. The first-order valence-corrected chi connectivity index (χ1v) is 8.21. The van der Waals surface area contributed by atoms with Gasteiger partial charge in [0.1, 0.15) is 11.8 Å². The predicted octanol–water partition coefficient (Wildman–Crippen LogP) is 2.96. The van der Waals surface area contributed by atoms with Gasteiger partial charge in [0.2, 0.25) is 0 Å². The second-order valence-electron chi connectivity index (χ2n) is 5.77. The van der Waals surface area contributed by atoms with E-state index in [0.29, 0.717) is 30.4 Å². The molecule has 1 atom stereocenters. The normalized spacial score (nSPS) is 17.4. The molecular formula is C18H17ClN2O4. The Balaban J connectivity index is 1.79. The maximum atomic E-state index is 12.7. The molecule has 130 valence electrons. The van der Waals surface area contributed by atoms with Gasteiger partial charge in [0.05, 0.1) is 24.4 Å². The summed E-state index contributed by atoms with van der Waals surface area (Å²) in [6.45, 7) is 2.78. The SMILES string of the molecule is Cc1nc(C(=O)N2CCOC(c3ccccc3Cl)C2)ccc1C(=O)O. The number of ether oxygens (including phenoxy) is 1. The average Bonchev–Trinajstić information content (AvgIpc) is 2.61. The number of carbonyl (C=O) groups excluding carboxylic acids is 1. The number of carboxylic acids is 1. The summed E-state index contributed by atoms with van der Waals surface area (Å²) < 4.78 is 5.76. The van der Waals surface area contributed by atoms with Crippen molar-refractivity contribution >= 4 is 23.5 Å². The van der Waals surface area contributed by atoms with Crippen LogP contribution in [0.15, 0.2) is 36.4 Å². The first-order valence-electron chi connectivity index (χ1n) is 7.83. The number of aromatic carboxylic acids is 1. The van der Waals surface area contributed by atoms with Crippen molar-refractivity contribution < 1.29 is 19.4 Å². The number of amides is 1. The number of nitrogens with zero attached hydrogens (tertiary/aromatic N) is 2. The number of carboxylic acid groups (broad SMARTS) is 1. The van der Waals surface area contributed by atoms with Gasteiger partial charge in [0.25, 0.3) is 5.91 Å². The molecule has 25 heavy (non-hydrogen) atoms. The highest BCUT2D eigenvalue weighted by Gasteiger charge is 2.28. The van der Waals surface area contributed by atoms with Gasteiger partial charge in [0, 0.05) is 17.1 Å². The number of carbonyl (C=O) groups is 2. The van der Waals surface area contributed by atoms with Crippen molar-refractivity contribution in [3.63, 3.8) is 0 Å². The van der Waals surface area contributed by atoms with Gasteiger partial charge < -0.3 is 14.7 Å². The summed E-state index contributed by atoms with van der Waals surface area (Å²) in [5, 5.41) is 9.66. The topological polar surface area (TPSA) is 79.7 Å². The molecule has 1 aliphatic heterocycles. The maximum Gasteiger partial charge on any atom is 0.337 e. The lowest BCUT2D eigenvalue weighted by atomic mass is 10.1. The van der Waals surface area contributed by atoms with Gasteiger partial charge in [-0.05, 0) is 25.1 Å². The molecule has 0 bridgehead atoms. The van der Waals surface area contributed by atoms with Crippen LogP contribution in [0.1, 0.15) is 38.2 Å². The Hall–Kier alpha value is -2.44. The van der Waals surface area contributed by atoms with E-state index in [1.807, 2.05) is 18.2 Å². The third-order valence-electron chi connectivity index (χ3n) is 4.14. The Morgan fingerprint density at radius 3 is 2.72 bits per heavy atom. The molecule has 1 N–H and O–H groups in total. The van der Waals surface area contributed by atoms with Crippen LogP contribution in [0.5, 0.6) is 0 Å². The van der Waals surface area contributed by atoms with E-state index in [-0.39, 0.29) is 23.3 Å². The first kappa shape index (κ1) is 17.4. The van der Waals surface area contributed by atoms with Crippen LogP contribution < -0.4 is 0 Å². The lowest BCUT2D eigenvalue weighted by Crippen LogP contribution is -2.42. The number of aromatic nitrogens is 1. The molecular weight excluding hydrogens is 344 g/mol. The van der Waals surface area contributed by atoms with Crippen LogP contribution in [-0.4, -0.2) is 46.6 Å². The van der Waals surface area contributed by atoms with Crippen LogP contribution in [-0.2, 0) is 4.74 Å². The first-order chi connectivity index (χ1) is 12.0. The quantitative estimate of drug-likeness (QED) is 0.910. The molecule has 0 saturated carbocycles. The van der Waals surface area contributed by atoms with Gasteiger partial charge in [-0.3, -0.25) is 4.79 Å². The zero-order chi connectivity index (χ0) is 18.0. The van der Waals surface area contributed by atoms with E-state index in [9.17, 15) is 9.59 Å². The van der Waals surface area contributed by atoms with Crippen molar-refractivity contribution in [1.29, 1.82) is 0 Å². The zero-order valence-electron chi connectivity index (χ0n) is 13.6. The summed E-state index contributed by atoms with van der Waals surface area (Å²) in [5.41, 5.74) is 1.47. The highest BCUT2D eigenvalue weighted by atomic mass is 35.5. The lowest BCUT2D eigenvalue weighted by Gasteiger charge is -2.33. The zero-order valence-corrected chi connectivity index (χ0v) is 14.4. The molecule has 2 heterocycles. The van der Waals surface area contributed by atoms with Crippen LogP contribution >= 0.6 is 11.6 Å². The summed E-state index contributed by atoms with van der Waals surface area (Å²) in [7, 11) is 0. The molecule has 3 rings (SSSR count). The fourth-order valence-corrected chi connectivity index (χ4v) is 3.08. The minimum atomic E-state index is -1.06. The Morgan fingerprint density at radius 1 is 1.28 bits per heavy atom. The van der Waals surface area contributed by atoms with Crippen molar-refractivity contribution in [1.82, 2.24) is 9.88 Å². The van der Waals surface area contributed by atoms with Gasteiger partial charge in [0.15, 0.2) is 0 Å². The minimum Gasteiger partial charge on any atom is -0.478 e. The Morgan fingerprint density at radius 2 is 2.04 bits per heavy atom. The molecule has 0 spiro atoms. The van der Waals surface area contributed by atoms with Gasteiger partial charge in [-0.2, -0.15) is 0 Å². The van der Waals surface area contributed by atoms with E-state index < -0.39 is 5.97 Å². The maximum absolute atomic E-state index is 12.7. The third-order valence-corrected chi connectivity index (χ3v) is 4.49. The summed E-state index contributed by atoms with van der Waals surface area (Å²) >= 11 is 6.22. The van der Waals surface area contributed by atoms with Crippen LogP contribution in [0.4, 0.5) is 0 Å². The van der Waals surface area contributed by atoms with Crippen molar-refractivity contribution in [3.8, 4) is 0 Å². The lowest BCUT2D eigenvalue weighted by molar-refractivity contribution is -0.0229.